The summed E-state index contributed by atoms with van der Waals surface area (Å²) in [6.07, 6.45) is 2.03. The van der Waals surface area contributed by atoms with Gasteiger partial charge in [0.1, 0.15) is 12.4 Å². The molecule has 0 saturated carbocycles. The lowest BCUT2D eigenvalue weighted by molar-refractivity contribution is -0.386. The summed E-state index contributed by atoms with van der Waals surface area (Å²) in [6.45, 7) is 2.36. The van der Waals surface area contributed by atoms with Crippen molar-refractivity contribution in [3.05, 3.63) is 80.2 Å². The highest BCUT2D eigenvalue weighted by atomic mass is 16.6. The number of esters is 1. The molecule has 2 N–H and O–H groups in total. The van der Waals surface area contributed by atoms with Crippen molar-refractivity contribution in [2.24, 2.45) is 0 Å². The van der Waals surface area contributed by atoms with Crippen LogP contribution in [0.1, 0.15) is 55.6 Å². The molecule has 0 unspecified atom stereocenters. The van der Waals surface area contributed by atoms with Gasteiger partial charge in [0, 0.05) is 47.9 Å². The van der Waals surface area contributed by atoms with E-state index in [0.29, 0.717) is 35.7 Å². The molecule has 1 fully saturated rings. The van der Waals surface area contributed by atoms with Crippen molar-refractivity contribution < 1.29 is 38.6 Å². The molecular weight excluding hydrogens is 532 g/mol. The number of carbonyl (C=O) groups is 2. The second kappa shape index (κ2) is 11.6. The number of nitro groups is 1. The molecule has 11 heteroatoms. The van der Waals surface area contributed by atoms with Gasteiger partial charge in [-0.2, -0.15) is 0 Å². The third-order valence-electron chi connectivity index (χ3n) is 7.88. The monoisotopic (exact) mass is 564 g/mol. The number of hydrogen-bond acceptors (Lipinski definition) is 10. The highest BCUT2D eigenvalue weighted by Crippen LogP contribution is 2.49. The molecule has 2 heterocycles. The zero-order valence-corrected chi connectivity index (χ0v) is 23.1. The van der Waals surface area contributed by atoms with Crippen LogP contribution in [-0.2, 0) is 19.1 Å². The SMILES string of the molecule is COc1ccccc1[C@H]1CC(=O)C2=C(C1)NC(C)=C(C(=O)OC[C@@H]1CCCO1)[C@@H]2c1cc(OC)c(O)c([N+](=O)[O-])c1. The molecule has 216 valence electrons. The lowest BCUT2D eigenvalue weighted by Gasteiger charge is -2.37. The van der Waals surface area contributed by atoms with Gasteiger partial charge in [0.15, 0.2) is 11.5 Å². The molecule has 2 aromatic carbocycles. The Kier molecular flexibility index (Phi) is 7.98. The normalized spacial score (nSPS) is 22.2. The molecule has 0 aromatic heterocycles. The Morgan fingerprint density at radius 3 is 2.61 bits per heavy atom. The van der Waals surface area contributed by atoms with Crippen LogP contribution in [-0.4, -0.2) is 55.3 Å². The molecule has 0 radical (unpaired) electrons. The van der Waals surface area contributed by atoms with Gasteiger partial charge in [-0.1, -0.05) is 18.2 Å². The Bertz CT molecular complexity index is 1460. The Hall–Kier alpha value is -4.38. The minimum Gasteiger partial charge on any atom is -0.500 e. The predicted molar refractivity (Wildman–Crippen MR) is 147 cm³/mol. The largest absolute Gasteiger partial charge is 0.500 e. The number of allylic oxidation sites excluding steroid dienone is 3. The zero-order chi connectivity index (χ0) is 29.3. The van der Waals surface area contributed by atoms with Gasteiger partial charge in [0.25, 0.3) is 0 Å². The number of rotatable bonds is 8. The van der Waals surface area contributed by atoms with Gasteiger partial charge < -0.3 is 29.4 Å². The lowest BCUT2D eigenvalue weighted by atomic mass is 9.71. The lowest BCUT2D eigenvalue weighted by Crippen LogP contribution is -2.36. The second-order valence-electron chi connectivity index (χ2n) is 10.3. The van der Waals surface area contributed by atoms with Crippen molar-refractivity contribution >= 4 is 17.4 Å². The summed E-state index contributed by atoms with van der Waals surface area (Å²) in [5.74, 6) is -2.15. The predicted octanol–water partition coefficient (Wildman–Crippen LogP) is 4.40. The van der Waals surface area contributed by atoms with Crippen LogP contribution in [0.4, 0.5) is 5.69 Å². The van der Waals surface area contributed by atoms with Crippen LogP contribution in [0.15, 0.2) is 58.9 Å². The molecule has 1 saturated heterocycles. The summed E-state index contributed by atoms with van der Waals surface area (Å²) in [6, 6.07) is 10.1. The number of phenols is 1. The number of para-hydroxylation sites is 1. The van der Waals surface area contributed by atoms with Crippen molar-refractivity contribution in [1.82, 2.24) is 5.32 Å². The van der Waals surface area contributed by atoms with Gasteiger partial charge in [-0.25, -0.2) is 4.79 Å². The Morgan fingerprint density at radius 1 is 1.17 bits per heavy atom. The van der Waals surface area contributed by atoms with E-state index in [-0.39, 0.29) is 47.7 Å². The average molecular weight is 565 g/mol. The summed E-state index contributed by atoms with van der Waals surface area (Å²) in [7, 11) is 2.85. The molecule has 1 aliphatic carbocycles. The van der Waals surface area contributed by atoms with E-state index in [0.717, 1.165) is 18.4 Å². The zero-order valence-electron chi connectivity index (χ0n) is 23.1. The van der Waals surface area contributed by atoms with Gasteiger partial charge >= 0.3 is 11.7 Å². The number of nitro benzene ring substituents is 1. The van der Waals surface area contributed by atoms with Crippen molar-refractivity contribution in [2.75, 3.05) is 27.4 Å². The van der Waals surface area contributed by atoms with E-state index >= 15 is 0 Å². The van der Waals surface area contributed by atoms with Gasteiger partial charge in [0.2, 0.25) is 5.75 Å². The minimum absolute atomic E-state index is 0.0527. The van der Waals surface area contributed by atoms with E-state index in [4.69, 9.17) is 18.9 Å². The topological polar surface area (TPSA) is 146 Å². The first-order chi connectivity index (χ1) is 19.7. The smallest absolute Gasteiger partial charge is 0.336 e. The summed E-state index contributed by atoms with van der Waals surface area (Å²) < 4.78 is 22.0. The number of ketones is 1. The first kappa shape index (κ1) is 28.2. The standard InChI is InChI=1S/C30H32N2O9/c1-16-26(30(35)41-15-19-7-6-10-40-19)27(18-12-22(32(36)37)29(34)25(14-18)39-3)28-21(31-16)11-17(13-23(28)33)20-8-4-5-9-24(20)38-2/h4-5,8-9,12,14,17,19,27,31,34H,6-7,10-11,13,15H2,1-3H3/t17-,19+,27+/m1/s1. The van der Waals surface area contributed by atoms with Crippen molar-refractivity contribution in [2.45, 2.75) is 50.5 Å². The van der Waals surface area contributed by atoms with Gasteiger partial charge in [0.05, 0.1) is 30.8 Å². The van der Waals surface area contributed by atoms with Crippen LogP contribution in [0.5, 0.6) is 17.2 Å². The van der Waals surface area contributed by atoms with Crippen LogP contribution in [0.2, 0.25) is 0 Å². The molecule has 5 rings (SSSR count). The van der Waals surface area contributed by atoms with Crippen molar-refractivity contribution in [1.29, 1.82) is 0 Å². The van der Waals surface area contributed by atoms with Crippen LogP contribution in [0, 0.1) is 10.1 Å². The molecule has 2 aromatic rings. The van der Waals surface area contributed by atoms with Gasteiger partial charge in [-0.05, 0) is 49.4 Å². The number of nitrogens with one attached hydrogen (secondary N) is 1. The molecule has 2 aliphatic heterocycles. The number of methoxy groups -OCH3 is 2. The first-order valence-corrected chi connectivity index (χ1v) is 13.4. The first-order valence-electron chi connectivity index (χ1n) is 13.4. The van der Waals surface area contributed by atoms with E-state index in [1.807, 2.05) is 24.3 Å². The fourth-order valence-electron chi connectivity index (χ4n) is 5.96. The Balaban J connectivity index is 1.60. The third-order valence-corrected chi connectivity index (χ3v) is 7.88. The maximum atomic E-state index is 13.9. The van der Waals surface area contributed by atoms with Crippen LogP contribution >= 0.6 is 0 Å². The van der Waals surface area contributed by atoms with Gasteiger partial charge in [-0.3, -0.25) is 14.9 Å². The fraction of sp³-hybridized carbons (Fsp3) is 0.400. The molecule has 3 aliphatic rings. The van der Waals surface area contributed by atoms with E-state index in [9.17, 15) is 24.8 Å². The molecule has 0 bridgehead atoms. The number of dihydropyridines is 1. The van der Waals surface area contributed by atoms with E-state index < -0.39 is 28.2 Å². The fourth-order valence-corrected chi connectivity index (χ4v) is 5.96. The number of hydrogen-bond donors (Lipinski definition) is 2. The Labute approximate surface area is 236 Å². The van der Waals surface area contributed by atoms with Gasteiger partial charge in [-0.15, -0.1) is 0 Å². The third kappa shape index (κ3) is 5.37. The summed E-state index contributed by atoms with van der Waals surface area (Å²) in [5.41, 5.74) is 2.12. The number of phenolic OH excluding ortho intramolecular Hbond substituents is 1. The summed E-state index contributed by atoms with van der Waals surface area (Å²) >= 11 is 0. The van der Waals surface area contributed by atoms with E-state index in [1.54, 1.807) is 14.0 Å². The number of ether oxygens (including phenoxy) is 4. The maximum Gasteiger partial charge on any atom is 0.336 e. The number of nitrogens with zero attached hydrogens (tertiary/aromatic N) is 1. The maximum absolute atomic E-state index is 13.9. The Morgan fingerprint density at radius 2 is 1.93 bits per heavy atom. The molecule has 3 atom stereocenters. The number of carbonyl (C=O) groups excluding carboxylic acids is 2. The molecule has 41 heavy (non-hydrogen) atoms. The van der Waals surface area contributed by atoms with Crippen LogP contribution in [0.3, 0.4) is 0 Å². The van der Waals surface area contributed by atoms with E-state index in [1.165, 1.54) is 19.2 Å². The molecule has 0 amide bonds. The summed E-state index contributed by atoms with van der Waals surface area (Å²) in [5, 5.41) is 25.5. The molecular formula is C30H32N2O9. The minimum atomic E-state index is -0.984. The number of benzene rings is 2. The molecule has 0 spiro atoms. The number of Topliss-reactive ketones (excluding diaryl/α,β-unsaturated/α-hetero) is 1. The molecule has 11 nitrogen and oxygen atoms in total. The number of aromatic hydroxyl groups is 1. The van der Waals surface area contributed by atoms with E-state index in [2.05, 4.69) is 5.32 Å². The quantitative estimate of drug-likeness (QED) is 0.269. The highest BCUT2D eigenvalue weighted by molar-refractivity contribution is 6.04. The summed E-state index contributed by atoms with van der Waals surface area (Å²) in [4.78, 5) is 38.6. The van der Waals surface area contributed by atoms with Crippen molar-refractivity contribution in [3.8, 4) is 17.2 Å². The van der Waals surface area contributed by atoms with Crippen LogP contribution < -0.4 is 14.8 Å². The average Bonchev–Trinajstić information content (AvgIpc) is 3.49. The van der Waals surface area contributed by atoms with Crippen molar-refractivity contribution in [3.63, 3.8) is 0 Å². The highest BCUT2D eigenvalue weighted by Gasteiger charge is 2.43. The van der Waals surface area contributed by atoms with Crippen LogP contribution in [0.25, 0.3) is 0 Å². The second-order valence-corrected chi connectivity index (χ2v) is 10.3.